The zero-order valence-electron chi connectivity index (χ0n) is 36.5. The number of carbonyl (C=O) groups excluding carboxylic acids is 2. The molecule has 21 heteroatoms. The van der Waals surface area contributed by atoms with Crippen molar-refractivity contribution in [1.82, 2.24) is 54.7 Å². The molecule has 0 saturated carbocycles. The molecule has 2 aliphatic heterocycles. The summed E-state index contributed by atoms with van der Waals surface area (Å²) >= 11 is 0. The number of fused-ring (bicyclic) bond motifs is 2. The minimum absolute atomic E-state index is 0.0471. The number of pyridine rings is 1. The predicted molar refractivity (Wildman–Crippen MR) is 253 cm³/mol. The Morgan fingerprint density at radius 1 is 0.627 bits per heavy atom. The van der Waals surface area contributed by atoms with Crippen LogP contribution in [0.5, 0.6) is 0 Å². The summed E-state index contributed by atoms with van der Waals surface area (Å²) in [6, 6.07) is 25.4. The number of para-hydroxylation sites is 1. The molecule has 342 valence electrons. The topological polar surface area (TPSA) is 236 Å². The van der Waals surface area contributed by atoms with E-state index in [-0.39, 0.29) is 35.3 Å². The minimum Gasteiger partial charge on any atom is -0.368 e. The van der Waals surface area contributed by atoms with Gasteiger partial charge in [-0.3, -0.25) is 24.4 Å². The van der Waals surface area contributed by atoms with Gasteiger partial charge in [0, 0.05) is 82.4 Å². The average Bonchev–Trinajstić information content (AvgIpc) is 3.97. The van der Waals surface area contributed by atoms with Crippen molar-refractivity contribution < 1.29 is 18.4 Å². The second-order valence-electron chi connectivity index (χ2n) is 16.0. The van der Waals surface area contributed by atoms with Crippen molar-refractivity contribution in [2.75, 3.05) is 104 Å². The molecule has 0 spiro atoms. The van der Waals surface area contributed by atoms with Gasteiger partial charge in [-0.05, 0) is 72.8 Å². The molecule has 7 heterocycles. The Bertz CT molecular complexity index is 2970. The first-order valence-electron chi connectivity index (χ1n) is 21.6. The number of piperazine rings is 2. The van der Waals surface area contributed by atoms with E-state index in [0.29, 0.717) is 117 Å². The van der Waals surface area contributed by atoms with Crippen LogP contribution in [0.3, 0.4) is 0 Å². The predicted octanol–water partition coefficient (Wildman–Crippen LogP) is 4.42. The Morgan fingerprint density at radius 3 is 1.60 bits per heavy atom. The zero-order valence-corrected chi connectivity index (χ0v) is 36.5. The monoisotopic (exact) mass is 907 g/mol. The van der Waals surface area contributed by atoms with E-state index in [0.717, 1.165) is 16.8 Å². The van der Waals surface area contributed by atoms with E-state index >= 15 is 0 Å². The molecule has 19 nitrogen and oxygen atoms in total. The van der Waals surface area contributed by atoms with Gasteiger partial charge in [-0.2, -0.15) is 19.9 Å². The maximum absolute atomic E-state index is 13.3. The molecule has 0 atom stereocenters. The molecule has 67 heavy (non-hydrogen) atoms. The number of aromatic amines is 2. The van der Waals surface area contributed by atoms with Crippen LogP contribution >= 0.6 is 0 Å². The van der Waals surface area contributed by atoms with Gasteiger partial charge >= 0.3 is 0 Å². The highest BCUT2D eigenvalue weighted by molar-refractivity contribution is 5.94. The quantitative estimate of drug-likeness (QED) is 0.128. The average molecular weight is 908 g/mol. The van der Waals surface area contributed by atoms with E-state index in [1.165, 1.54) is 24.3 Å². The van der Waals surface area contributed by atoms with Crippen LogP contribution in [0.25, 0.3) is 45.1 Å². The van der Waals surface area contributed by atoms with E-state index in [9.17, 15) is 18.4 Å². The number of halogens is 2. The lowest BCUT2D eigenvalue weighted by atomic mass is 10.2. The van der Waals surface area contributed by atoms with E-state index < -0.39 is 0 Å². The number of hydrogen-bond donors (Lipinski definition) is 5. The van der Waals surface area contributed by atoms with Gasteiger partial charge in [-0.1, -0.05) is 18.2 Å². The highest BCUT2D eigenvalue weighted by atomic mass is 19.1. The van der Waals surface area contributed by atoms with E-state index in [4.69, 9.17) is 11.5 Å². The molecular weight excluding hydrogens is 861 g/mol. The molecule has 2 amide bonds. The summed E-state index contributed by atoms with van der Waals surface area (Å²) in [5.41, 5.74) is 17.2. The van der Waals surface area contributed by atoms with E-state index in [1.54, 1.807) is 60.7 Å². The van der Waals surface area contributed by atoms with Gasteiger partial charge in [0.25, 0.3) is 0 Å². The Hall–Kier alpha value is -8.17. The van der Waals surface area contributed by atoms with Crippen LogP contribution in [0.4, 0.5) is 43.7 Å². The first kappa shape index (κ1) is 44.1. The van der Waals surface area contributed by atoms with Gasteiger partial charge in [-0.25, -0.2) is 18.7 Å². The Morgan fingerprint density at radius 2 is 1.12 bits per heavy atom. The Labute approximate surface area is 382 Å². The van der Waals surface area contributed by atoms with Crippen LogP contribution in [-0.2, 0) is 9.59 Å². The van der Waals surface area contributed by atoms with Gasteiger partial charge in [0.2, 0.25) is 23.7 Å². The fraction of sp³-hybridized carbons (Fsp3) is 0.239. The number of imidazole rings is 2. The van der Waals surface area contributed by atoms with Crippen LogP contribution in [-0.4, -0.2) is 139 Å². The summed E-state index contributed by atoms with van der Waals surface area (Å²) in [4.78, 5) is 72.2. The smallest absolute Gasteiger partial charge is 0.240 e. The second-order valence-corrected chi connectivity index (χ2v) is 16.0. The number of rotatable bonds is 10. The molecule has 2 aliphatic rings. The first-order valence-corrected chi connectivity index (χ1v) is 21.6. The summed E-state index contributed by atoms with van der Waals surface area (Å²) in [6.45, 7) is 6.11. The third-order valence-electron chi connectivity index (χ3n) is 11.5. The van der Waals surface area contributed by atoms with Crippen molar-refractivity contribution in [2.45, 2.75) is 0 Å². The van der Waals surface area contributed by atoms with Crippen molar-refractivity contribution in [2.24, 2.45) is 0 Å². The lowest BCUT2D eigenvalue weighted by Crippen LogP contribution is -2.50. The maximum Gasteiger partial charge on any atom is 0.240 e. The van der Waals surface area contributed by atoms with Crippen molar-refractivity contribution in [3.8, 4) is 22.8 Å². The molecule has 0 aliphatic carbocycles. The van der Waals surface area contributed by atoms with Crippen molar-refractivity contribution in [3.63, 3.8) is 0 Å². The molecule has 0 bridgehead atoms. The van der Waals surface area contributed by atoms with Crippen LogP contribution in [0.2, 0.25) is 0 Å². The number of aromatic nitrogens is 9. The highest BCUT2D eigenvalue weighted by Crippen LogP contribution is 2.29. The van der Waals surface area contributed by atoms with Gasteiger partial charge < -0.3 is 41.5 Å². The fourth-order valence-corrected chi connectivity index (χ4v) is 7.91. The van der Waals surface area contributed by atoms with E-state index in [2.05, 4.69) is 69.8 Å². The van der Waals surface area contributed by atoms with Crippen molar-refractivity contribution in [1.29, 1.82) is 0 Å². The third kappa shape index (κ3) is 10.4. The number of nitrogens with one attached hydrogen (secondary N) is 3. The van der Waals surface area contributed by atoms with Crippen LogP contribution in [0.15, 0.2) is 103 Å². The SMILES string of the molecule is CN(C(=O)CN1CCN(c2nc(N)nc3nc(-c4ccc(F)cc4)[nH]c23)CC1)c1ccccc1.Nc1nc(N2CCN(CC(=O)Nc3cccnc3)CC2)c2[nH]c(-c3ccc(F)cc3)nc2n1. The number of nitrogen functional groups attached to an aromatic ring is 2. The standard InChI is InChI=1S/C24H25FN8O.C22H22FN9O/c1-31(18-5-3-2-4-6-18)19(34)15-32-11-13-33(14-12-32)23-20-22(29-24(26)30-23)28-21(27-20)16-7-9-17(25)10-8-16;23-15-5-3-14(4-6-15)19-27-18-20(28-19)29-22(24)30-21(18)32-10-8-31(9-11-32)13-17(33)26-16-2-1-7-25-12-16/h2-10H,11-15H2,1H3,(H3,26,27,28,29,30);1-7,12H,8-11,13H2,(H,26,33)(H3,24,27,28,29,30). The number of anilines is 6. The molecule has 2 fully saturated rings. The summed E-state index contributed by atoms with van der Waals surface area (Å²) in [7, 11) is 1.80. The van der Waals surface area contributed by atoms with Crippen LogP contribution < -0.4 is 31.5 Å². The third-order valence-corrected chi connectivity index (χ3v) is 11.5. The lowest BCUT2D eigenvalue weighted by Gasteiger charge is -2.35. The summed E-state index contributed by atoms with van der Waals surface area (Å²) in [5.74, 6) is 2.10. The highest BCUT2D eigenvalue weighted by Gasteiger charge is 2.26. The summed E-state index contributed by atoms with van der Waals surface area (Å²) in [5, 5.41) is 2.85. The van der Waals surface area contributed by atoms with Gasteiger partial charge in [0.15, 0.2) is 22.9 Å². The molecule has 7 N–H and O–H groups in total. The van der Waals surface area contributed by atoms with Crippen LogP contribution in [0, 0.1) is 11.6 Å². The molecule has 8 aromatic rings. The number of hydrogen-bond acceptors (Lipinski definition) is 15. The molecule has 3 aromatic carbocycles. The number of nitrogens with two attached hydrogens (primary N) is 2. The number of nitrogens with zero attached hydrogens (tertiary/aromatic N) is 12. The molecule has 0 radical (unpaired) electrons. The largest absolute Gasteiger partial charge is 0.368 e. The lowest BCUT2D eigenvalue weighted by molar-refractivity contribution is -0.119. The van der Waals surface area contributed by atoms with Gasteiger partial charge in [-0.15, -0.1) is 0 Å². The Kier molecular flexibility index (Phi) is 12.8. The zero-order chi connectivity index (χ0) is 46.4. The Balaban J connectivity index is 0.000000168. The van der Waals surface area contributed by atoms with Gasteiger partial charge in [0.1, 0.15) is 34.3 Å². The summed E-state index contributed by atoms with van der Waals surface area (Å²) in [6.07, 6.45) is 3.28. The number of amides is 2. The number of likely N-dealkylation sites (N-methyl/N-ethyl adjacent to an activating group) is 1. The summed E-state index contributed by atoms with van der Waals surface area (Å²) < 4.78 is 26.6. The normalized spacial score (nSPS) is 14.5. The van der Waals surface area contributed by atoms with Crippen molar-refractivity contribution >= 4 is 69.0 Å². The maximum atomic E-state index is 13.3. The van der Waals surface area contributed by atoms with Gasteiger partial charge in [0.05, 0.1) is 25.0 Å². The molecule has 10 rings (SSSR count). The van der Waals surface area contributed by atoms with Crippen LogP contribution in [0.1, 0.15) is 0 Å². The molecule has 2 saturated heterocycles. The molecular formula is C46H47F2N17O2. The minimum atomic E-state index is -0.313. The van der Waals surface area contributed by atoms with Crippen molar-refractivity contribution in [3.05, 3.63) is 115 Å². The molecule has 0 unspecified atom stereocenters. The number of benzene rings is 3. The first-order chi connectivity index (χ1) is 32.5. The number of H-pyrrole nitrogens is 2. The number of carbonyl (C=O) groups is 2. The fourth-order valence-electron chi connectivity index (χ4n) is 7.91. The molecule has 5 aromatic heterocycles. The second kappa shape index (κ2) is 19.5. The van der Waals surface area contributed by atoms with E-state index in [1.807, 2.05) is 30.3 Å².